The van der Waals surface area contributed by atoms with Gasteiger partial charge in [0.1, 0.15) is 6.07 Å². The quantitative estimate of drug-likeness (QED) is 0.447. The lowest BCUT2D eigenvalue weighted by Crippen LogP contribution is -2.07. The lowest BCUT2D eigenvalue weighted by molar-refractivity contribution is -0.111. The molecule has 0 bridgehead atoms. The first kappa shape index (κ1) is 19.4. The van der Waals surface area contributed by atoms with Gasteiger partial charge in [-0.15, -0.1) is 0 Å². The summed E-state index contributed by atoms with van der Waals surface area (Å²) in [5, 5.41) is 14.2. The van der Waals surface area contributed by atoms with Crippen LogP contribution < -0.4 is 14.8 Å². The molecule has 7 heteroatoms. The van der Waals surface area contributed by atoms with Crippen LogP contribution in [0.2, 0.25) is 0 Å². The largest absolute Gasteiger partial charge is 0.493 e. The molecule has 0 unspecified atom stereocenters. The van der Waals surface area contributed by atoms with Crippen molar-refractivity contribution < 1.29 is 14.3 Å². The van der Waals surface area contributed by atoms with Crippen LogP contribution in [-0.2, 0) is 4.79 Å². The highest BCUT2D eigenvalue weighted by molar-refractivity contribution is 7.22. The van der Waals surface area contributed by atoms with Gasteiger partial charge in [-0.1, -0.05) is 47.7 Å². The molecule has 30 heavy (non-hydrogen) atoms. The summed E-state index contributed by atoms with van der Waals surface area (Å²) in [7, 11) is 1.52. The number of hydrogen-bond acceptors (Lipinski definition) is 6. The first-order chi connectivity index (χ1) is 14.7. The number of rotatable bonds is 6. The molecule has 1 heterocycles. The maximum Gasteiger partial charge on any atom is 0.250 e. The average molecular weight is 415 g/mol. The third-order valence-corrected chi connectivity index (χ3v) is 5.36. The fraction of sp³-hybridized carbons (Fsp3) is 0.0870. The van der Waals surface area contributed by atoms with Crippen LogP contribution >= 0.6 is 11.3 Å². The van der Waals surface area contributed by atoms with Gasteiger partial charge in [-0.3, -0.25) is 10.1 Å². The topological polar surface area (TPSA) is 84.2 Å². The molecule has 1 amide bonds. The molecule has 1 N–H and O–H groups in total. The summed E-state index contributed by atoms with van der Waals surface area (Å²) in [6.07, 6.45) is 3.11. The van der Waals surface area contributed by atoms with Crippen molar-refractivity contribution in [2.45, 2.75) is 0 Å². The van der Waals surface area contributed by atoms with E-state index in [1.165, 1.54) is 24.5 Å². The molecule has 148 valence electrons. The van der Waals surface area contributed by atoms with E-state index in [4.69, 9.17) is 14.7 Å². The lowest BCUT2D eigenvalue weighted by atomic mass is 10.1. The predicted octanol–water partition coefficient (Wildman–Crippen LogP) is 5.01. The Hall–Kier alpha value is -3.89. The van der Waals surface area contributed by atoms with Crippen molar-refractivity contribution in [3.63, 3.8) is 0 Å². The van der Waals surface area contributed by atoms with Crippen LogP contribution in [0.25, 0.3) is 27.1 Å². The van der Waals surface area contributed by atoms with Gasteiger partial charge in [-0.2, -0.15) is 5.26 Å². The van der Waals surface area contributed by atoms with Gasteiger partial charge in [0.15, 0.2) is 23.2 Å². The van der Waals surface area contributed by atoms with Crippen molar-refractivity contribution in [1.82, 2.24) is 4.98 Å². The Labute approximate surface area is 177 Å². The highest BCUT2D eigenvalue weighted by atomic mass is 32.1. The van der Waals surface area contributed by atoms with Crippen LogP contribution in [-0.4, -0.2) is 24.6 Å². The first-order valence-corrected chi connectivity index (χ1v) is 9.95. The zero-order chi connectivity index (χ0) is 20.9. The van der Waals surface area contributed by atoms with Gasteiger partial charge in [0.05, 0.1) is 17.3 Å². The maximum atomic E-state index is 12.4. The second-order valence-corrected chi connectivity index (χ2v) is 7.36. The van der Waals surface area contributed by atoms with Crippen molar-refractivity contribution in [3.05, 3.63) is 66.2 Å². The normalized spacial score (nSPS) is 10.9. The Morgan fingerprint density at radius 3 is 2.90 bits per heavy atom. The van der Waals surface area contributed by atoms with Gasteiger partial charge < -0.3 is 9.47 Å². The number of benzene rings is 3. The minimum Gasteiger partial charge on any atom is -0.493 e. The Kier molecular flexibility index (Phi) is 5.59. The van der Waals surface area contributed by atoms with Crippen LogP contribution in [0.5, 0.6) is 11.5 Å². The lowest BCUT2D eigenvalue weighted by Gasteiger charge is -2.08. The number of nitriles is 1. The fourth-order valence-corrected chi connectivity index (χ4v) is 3.94. The molecular weight excluding hydrogens is 398 g/mol. The molecule has 0 saturated heterocycles. The van der Waals surface area contributed by atoms with E-state index in [9.17, 15) is 4.79 Å². The first-order valence-electron chi connectivity index (χ1n) is 9.13. The third-order valence-electron chi connectivity index (χ3n) is 4.42. The number of nitrogens with zero attached hydrogens (tertiary/aromatic N) is 2. The monoisotopic (exact) mass is 415 g/mol. The Morgan fingerprint density at radius 1 is 1.20 bits per heavy atom. The Balaban J connectivity index is 1.50. The number of carbonyl (C=O) groups is 1. The Morgan fingerprint density at radius 2 is 2.07 bits per heavy atom. The Bertz CT molecular complexity index is 1300. The number of aromatic nitrogens is 1. The van der Waals surface area contributed by atoms with Gasteiger partial charge in [0.25, 0.3) is 0 Å². The van der Waals surface area contributed by atoms with Gasteiger partial charge in [-0.05, 0) is 35.2 Å². The number of methoxy groups -OCH3 is 1. The highest BCUT2D eigenvalue weighted by Gasteiger charge is 2.09. The number of carbonyl (C=O) groups excluding carboxylic acids is 1. The molecule has 4 rings (SSSR count). The number of ether oxygens (including phenoxy) is 2. The van der Waals surface area contributed by atoms with E-state index in [1.807, 2.05) is 36.4 Å². The maximum absolute atomic E-state index is 12.4. The van der Waals surface area contributed by atoms with E-state index in [0.29, 0.717) is 16.6 Å². The van der Waals surface area contributed by atoms with Crippen molar-refractivity contribution in [3.8, 4) is 17.6 Å². The summed E-state index contributed by atoms with van der Waals surface area (Å²) < 4.78 is 11.6. The van der Waals surface area contributed by atoms with E-state index >= 15 is 0 Å². The van der Waals surface area contributed by atoms with Crippen molar-refractivity contribution >= 4 is 49.4 Å². The molecule has 4 aromatic rings. The van der Waals surface area contributed by atoms with Gasteiger partial charge in [-0.25, -0.2) is 4.98 Å². The highest BCUT2D eigenvalue weighted by Crippen LogP contribution is 2.32. The molecule has 0 radical (unpaired) electrons. The number of fused-ring (bicyclic) bond motifs is 3. The second kappa shape index (κ2) is 8.64. The number of thiazole rings is 1. The number of hydrogen-bond donors (Lipinski definition) is 1. The van der Waals surface area contributed by atoms with Crippen molar-refractivity contribution in [2.24, 2.45) is 0 Å². The van der Waals surface area contributed by atoms with Crippen LogP contribution in [0.1, 0.15) is 5.56 Å². The third kappa shape index (κ3) is 4.09. The molecule has 0 spiro atoms. The predicted molar refractivity (Wildman–Crippen MR) is 119 cm³/mol. The van der Waals surface area contributed by atoms with Gasteiger partial charge >= 0.3 is 0 Å². The second-order valence-electron chi connectivity index (χ2n) is 6.33. The molecule has 0 atom stereocenters. The molecule has 0 aliphatic rings. The summed E-state index contributed by atoms with van der Waals surface area (Å²) in [4.78, 5) is 17.0. The van der Waals surface area contributed by atoms with Crippen LogP contribution in [0.3, 0.4) is 0 Å². The van der Waals surface area contributed by atoms with Crippen molar-refractivity contribution in [1.29, 1.82) is 5.26 Å². The average Bonchev–Trinajstić information content (AvgIpc) is 3.19. The van der Waals surface area contributed by atoms with Gasteiger partial charge in [0, 0.05) is 11.5 Å². The zero-order valence-electron chi connectivity index (χ0n) is 16.1. The molecule has 0 aliphatic carbocycles. The SMILES string of the molecule is COc1cc(/C=C/C(=O)Nc2nc3c(ccc4ccccc43)s2)ccc1OCC#N. The fourth-order valence-electron chi connectivity index (χ4n) is 3.05. The summed E-state index contributed by atoms with van der Waals surface area (Å²) >= 11 is 1.44. The molecule has 0 saturated carbocycles. The zero-order valence-corrected chi connectivity index (χ0v) is 16.9. The molecule has 0 fully saturated rings. The summed E-state index contributed by atoms with van der Waals surface area (Å²) in [6, 6.07) is 19.2. The van der Waals surface area contributed by atoms with E-state index < -0.39 is 0 Å². The van der Waals surface area contributed by atoms with Crippen molar-refractivity contribution in [2.75, 3.05) is 19.0 Å². The van der Waals surface area contributed by atoms with E-state index in [1.54, 1.807) is 24.3 Å². The summed E-state index contributed by atoms with van der Waals surface area (Å²) in [5.41, 5.74) is 1.65. The number of anilines is 1. The molecule has 3 aromatic carbocycles. The minimum atomic E-state index is -0.276. The molecular formula is C23H17N3O3S. The van der Waals surface area contributed by atoms with Crippen LogP contribution in [0.4, 0.5) is 5.13 Å². The van der Waals surface area contributed by atoms with E-state index in [2.05, 4.69) is 16.4 Å². The van der Waals surface area contributed by atoms with Gasteiger partial charge in [0.2, 0.25) is 5.91 Å². The van der Waals surface area contributed by atoms with E-state index in [-0.39, 0.29) is 12.5 Å². The summed E-state index contributed by atoms with van der Waals surface area (Å²) in [5.74, 6) is 0.690. The van der Waals surface area contributed by atoms with Crippen LogP contribution in [0.15, 0.2) is 60.7 Å². The number of amides is 1. The number of nitrogens with one attached hydrogen (secondary N) is 1. The summed E-state index contributed by atoms with van der Waals surface area (Å²) in [6.45, 7) is -0.0641. The smallest absolute Gasteiger partial charge is 0.250 e. The standard InChI is InChI=1S/C23H17N3O3S/c1-28-19-14-15(6-9-18(19)29-13-12-24)7-11-21(27)25-23-26-22-17-5-3-2-4-16(17)8-10-20(22)30-23/h2-11,14H,13H2,1H3,(H,25,26,27)/b11-7+. The van der Waals surface area contributed by atoms with Crippen LogP contribution in [0, 0.1) is 11.3 Å². The van der Waals surface area contributed by atoms with E-state index in [0.717, 1.165) is 26.6 Å². The molecule has 0 aliphatic heterocycles. The molecule has 1 aromatic heterocycles. The molecule has 6 nitrogen and oxygen atoms in total. The minimum absolute atomic E-state index is 0.0641.